The highest BCUT2D eigenvalue weighted by molar-refractivity contribution is 7.47. The number of phosphoric acid groups is 1. The van der Waals surface area contributed by atoms with Gasteiger partial charge in [0.15, 0.2) is 6.10 Å². The van der Waals surface area contributed by atoms with Gasteiger partial charge in [0.1, 0.15) is 12.7 Å². The van der Waals surface area contributed by atoms with Gasteiger partial charge in [-0.1, -0.05) is 213 Å². The number of aliphatic hydroxyl groups excluding tert-OH is 2. The standard InChI is InChI=1S/C45H89O10P/c1-3-5-7-9-11-13-14-15-16-17-18-19-20-21-22-23-24-25-26-27-29-31-33-35-37-45(49)55-43(41-54-56(50,51)53-39-42(47)38-46)40-52-44(48)36-34-32-30-28-12-10-8-6-4-2/h42-43,46-47H,3-41H2,1-2H3,(H,50,51). The van der Waals surface area contributed by atoms with Gasteiger partial charge in [0.2, 0.25) is 0 Å². The van der Waals surface area contributed by atoms with E-state index >= 15 is 0 Å². The van der Waals surface area contributed by atoms with Crippen molar-refractivity contribution in [2.75, 3.05) is 26.4 Å². The number of carbonyl (C=O) groups is 2. The lowest BCUT2D eigenvalue weighted by Gasteiger charge is -2.20. The molecule has 0 aliphatic carbocycles. The van der Waals surface area contributed by atoms with Crippen molar-refractivity contribution >= 4 is 19.8 Å². The zero-order valence-corrected chi connectivity index (χ0v) is 37.3. The van der Waals surface area contributed by atoms with Crippen molar-refractivity contribution in [2.45, 2.75) is 251 Å². The molecule has 0 saturated heterocycles. The Balaban J connectivity index is 4.04. The van der Waals surface area contributed by atoms with Crippen molar-refractivity contribution in [1.29, 1.82) is 0 Å². The van der Waals surface area contributed by atoms with Gasteiger partial charge in [-0.05, 0) is 12.8 Å². The third-order valence-electron chi connectivity index (χ3n) is 10.5. The van der Waals surface area contributed by atoms with Crippen LogP contribution in [0.5, 0.6) is 0 Å². The van der Waals surface area contributed by atoms with E-state index in [9.17, 15) is 24.2 Å². The monoisotopic (exact) mass is 821 g/mol. The number of hydrogen-bond acceptors (Lipinski definition) is 9. The van der Waals surface area contributed by atoms with Crippen LogP contribution in [0.3, 0.4) is 0 Å². The summed E-state index contributed by atoms with van der Waals surface area (Å²) in [5.41, 5.74) is 0. The highest BCUT2D eigenvalue weighted by atomic mass is 31.2. The van der Waals surface area contributed by atoms with Crippen LogP contribution in [0.4, 0.5) is 0 Å². The van der Waals surface area contributed by atoms with Crippen LogP contribution in [0.15, 0.2) is 0 Å². The Labute approximate surface area is 344 Å². The van der Waals surface area contributed by atoms with Crippen molar-refractivity contribution < 1.29 is 47.8 Å². The second-order valence-corrected chi connectivity index (χ2v) is 17.6. The number of hydrogen-bond donors (Lipinski definition) is 3. The molecule has 0 heterocycles. The summed E-state index contributed by atoms with van der Waals surface area (Å²) in [5.74, 6) is -0.912. The summed E-state index contributed by atoms with van der Waals surface area (Å²) in [6.07, 6.45) is 39.5. The average molecular weight is 821 g/mol. The first kappa shape index (κ1) is 55.0. The molecule has 0 aliphatic heterocycles. The van der Waals surface area contributed by atoms with E-state index in [1.54, 1.807) is 0 Å². The summed E-state index contributed by atoms with van der Waals surface area (Å²) in [4.78, 5) is 34.9. The van der Waals surface area contributed by atoms with E-state index in [1.807, 2.05) is 0 Å². The van der Waals surface area contributed by atoms with E-state index in [-0.39, 0.29) is 19.4 Å². The molecule has 0 aromatic carbocycles. The molecule has 0 aromatic heterocycles. The average Bonchev–Trinajstić information content (AvgIpc) is 3.19. The Hall–Kier alpha value is -1.03. The normalized spacial score (nSPS) is 13.7. The molecule has 0 aromatic rings. The van der Waals surface area contributed by atoms with Gasteiger partial charge in [0.05, 0.1) is 19.8 Å². The lowest BCUT2D eigenvalue weighted by atomic mass is 10.0. The summed E-state index contributed by atoms with van der Waals surface area (Å²) in [6.45, 7) is 2.40. The van der Waals surface area contributed by atoms with Crippen LogP contribution < -0.4 is 0 Å². The number of aliphatic hydroxyl groups is 2. The van der Waals surface area contributed by atoms with Crippen LogP contribution >= 0.6 is 7.82 Å². The highest BCUT2D eigenvalue weighted by Gasteiger charge is 2.27. The molecule has 10 nitrogen and oxygen atoms in total. The fourth-order valence-electron chi connectivity index (χ4n) is 6.88. The Morgan fingerprint density at radius 1 is 0.464 bits per heavy atom. The third kappa shape index (κ3) is 41.1. The largest absolute Gasteiger partial charge is 0.472 e. The van der Waals surface area contributed by atoms with Crippen LogP contribution in [0, 0.1) is 0 Å². The fourth-order valence-corrected chi connectivity index (χ4v) is 7.67. The van der Waals surface area contributed by atoms with Gasteiger partial charge in [-0.15, -0.1) is 0 Å². The van der Waals surface area contributed by atoms with Crippen LogP contribution in [0.25, 0.3) is 0 Å². The van der Waals surface area contributed by atoms with Gasteiger partial charge in [0, 0.05) is 12.8 Å². The summed E-state index contributed by atoms with van der Waals surface area (Å²) < 4.78 is 32.7. The minimum absolute atomic E-state index is 0.193. The second-order valence-electron chi connectivity index (χ2n) is 16.2. The van der Waals surface area contributed by atoms with Gasteiger partial charge in [0.25, 0.3) is 0 Å². The van der Waals surface area contributed by atoms with Crippen molar-refractivity contribution in [3.8, 4) is 0 Å². The van der Waals surface area contributed by atoms with E-state index in [1.165, 1.54) is 161 Å². The summed E-state index contributed by atoms with van der Waals surface area (Å²) in [5, 5.41) is 18.3. The Bertz CT molecular complexity index is 904. The molecule has 3 N–H and O–H groups in total. The number of esters is 2. The molecule has 0 aliphatic rings. The quantitative estimate of drug-likeness (QED) is 0.0308. The zero-order valence-electron chi connectivity index (χ0n) is 36.4. The molecular weight excluding hydrogens is 731 g/mol. The molecule has 11 heteroatoms. The highest BCUT2D eigenvalue weighted by Crippen LogP contribution is 2.43. The predicted octanol–water partition coefficient (Wildman–Crippen LogP) is 12.6. The molecule has 0 rings (SSSR count). The van der Waals surface area contributed by atoms with Crippen LogP contribution in [0.1, 0.15) is 239 Å². The van der Waals surface area contributed by atoms with Crippen LogP contribution in [0.2, 0.25) is 0 Å². The SMILES string of the molecule is CCCCCCCCCCCCCCCCCCCCCCCCCCC(=O)OC(COC(=O)CCCCCCCCCCC)COP(=O)(O)OCC(O)CO. The van der Waals surface area contributed by atoms with Crippen molar-refractivity contribution in [1.82, 2.24) is 0 Å². The maximum Gasteiger partial charge on any atom is 0.472 e. The minimum Gasteiger partial charge on any atom is -0.462 e. The molecule has 0 bridgehead atoms. The van der Waals surface area contributed by atoms with Gasteiger partial charge in [-0.2, -0.15) is 0 Å². The van der Waals surface area contributed by atoms with Crippen LogP contribution in [-0.4, -0.2) is 65.7 Å². The molecule has 0 fully saturated rings. The molecule has 56 heavy (non-hydrogen) atoms. The molecular formula is C45H89O10P. The van der Waals surface area contributed by atoms with E-state index in [0.29, 0.717) is 12.8 Å². The lowest BCUT2D eigenvalue weighted by Crippen LogP contribution is -2.29. The third-order valence-corrected chi connectivity index (χ3v) is 11.5. The predicted molar refractivity (Wildman–Crippen MR) is 229 cm³/mol. The number of phosphoric ester groups is 1. The Kier molecular flexibility index (Phi) is 41.3. The van der Waals surface area contributed by atoms with Crippen LogP contribution in [-0.2, 0) is 32.7 Å². The molecule has 0 amide bonds. The first-order valence-corrected chi connectivity index (χ1v) is 25.0. The summed E-state index contributed by atoms with van der Waals surface area (Å²) in [6, 6.07) is 0. The topological polar surface area (TPSA) is 149 Å². The fraction of sp³-hybridized carbons (Fsp3) is 0.956. The molecule has 3 unspecified atom stereocenters. The zero-order chi connectivity index (χ0) is 41.2. The number of ether oxygens (including phenoxy) is 2. The van der Waals surface area contributed by atoms with Crippen molar-refractivity contribution in [3.63, 3.8) is 0 Å². The van der Waals surface area contributed by atoms with E-state index in [0.717, 1.165) is 38.5 Å². The maximum absolute atomic E-state index is 12.6. The smallest absolute Gasteiger partial charge is 0.462 e. The molecule has 334 valence electrons. The van der Waals surface area contributed by atoms with E-state index in [4.69, 9.17) is 19.1 Å². The first-order valence-electron chi connectivity index (χ1n) is 23.5. The molecule has 0 spiro atoms. The number of rotatable bonds is 45. The summed E-state index contributed by atoms with van der Waals surface area (Å²) >= 11 is 0. The Morgan fingerprint density at radius 3 is 1.11 bits per heavy atom. The van der Waals surface area contributed by atoms with Crippen molar-refractivity contribution in [3.05, 3.63) is 0 Å². The van der Waals surface area contributed by atoms with Gasteiger partial charge >= 0.3 is 19.8 Å². The maximum atomic E-state index is 12.6. The van der Waals surface area contributed by atoms with Gasteiger partial charge in [-0.3, -0.25) is 18.6 Å². The minimum atomic E-state index is -4.61. The van der Waals surface area contributed by atoms with Gasteiger partial charge < -0.3 is 24.6 Å². The summed E-state index contributed by atoms with van der Waals surface area (Å²) in [7, 11) is -4.61. The second kappa shape index (κ2) is 42.1. The van der Waals surface area contributed by atoms with Crippen molar-refractivity contribution in [2.24, 2.45) is 0 Å². The molecule has 0 saturated carbocycles. The van der Waals surface area contributed by atoms with E-state index in [2.05, 4.69) is 18.4 Å². The van der Waals surface area contributed by atoms with Gasteiger partial charge in [-0.25, -0.2) is 4.57 Å². The molecule has 0 radical (unpaired) electrons. The van der Waals surface area contributed by atoms with E-state index < -0.39 is 51.8 Å². The number of unbranched alkanes of at least 4 members (excludes halogenated alkanes) is 31. The molecule has 3 atom stereocenters. The first-order chi connectivity index (χ1) is 27.2. The Morgan fingerprint density at radius 2 is 0.768 bits per heavy atom. The lowest BCUT2D eigenvalue weighted by molar-refractivity contribution is -0.161. The number of carbonyl (C=O) groups excluding carboxylic acids is 2.